The summed E-state index contributed by atoms with van der Waals surface area (Å²) >= 11 is 0. The summed E-state index contributed by atoms with van der Waals surface area (Å²) in [6.07, 6.45) is 1.04. The summed E-state index contributed by atoms with van der Waals surface area (Å²) in [5.41, 5.74) is 1.11. The van der Waals surface area contributed by atoms with Gasteiger partial charge in [-0.05, 0) is 24.5 Å². The van der Waals surface area contributed by atoms with Crippen LogP contribution in [0, 0.1) is 12.8 Å². The Bertz CT molecular complexity index is 401. The first kappa shape index (κ1) is 13.6. The fraction of sp³-hybridized carbons (Fsp3) is 0.500. The van der Waals surface area contributed by atoms with Crippen molar-refractivity contribution in [3.63, 3.8) is 0 Å². The van der Waals surface area contributed by atoms with Crippen molar-refractivity contribution in [2.24, 2.45) is 5.92 Å². The van der Waals surface area contributed by atoms with Crippen LogP contribution in [-0.4, -0.2) is 29.5 Å². The number of hydrogen-bond acceptors (Lipinski definition) is 2. The second-order valence-electron chi connectivity index (χ2n) is 4.67. The standard InChI is InChI=1S/C14H21NO2/c1-5-10(2)9-15(4)14(17)12-8-6-7-11(3)13(12)16/h6-8,10,16H,5,9H2,1-4H3. The van der Waals surface area contributed by atoms with E-state index in [2.05, 4.69) is 13.8 Å². The number of aromatic hydroxyl groups is 1. The van der Waals surface area contributed by atoms with Gasteiger partial charge in [0.2, 0.25) is 0 Å². The molecular weight excluding hydrogens is 214 g/mol. The van der Waals surface area contributed by atoms with Gasteiger partial charge in [0.1, 0.15) is 5.75 Å². The third-order valence-corrected chi connectivity index (χ3v) is 3.10. The zero-order valence-corrected chi connectivity index (χ0v) is 11.0. The van der Waals surface area contributed by atoms with E-state index in [1.807, 2.05) is 0 Å². The minimum Gasteiger partial charge on any atom is -0.507 e. The van der Waals surface area contributed by atoms with Gasteiger partial charge in [-0.25, -0.2) is 0 Å². The molecule has 0 radical (unpaired) electrons. The normalized spacial score (nSPS) is 12.2. The molecule has 1 aromatic rings. The average molecular weight is 235 g/mol. The number of aryl methyl sites for hydroxylation is 1. The fourth-order valence-electron chi connectivity index (χ4n) is 1.72. The van der Waals surface area contributed by atoms with Gasteiger partial charge >= 0.3 is 0 Å². The van der Waals surface area contributed by atoms with Crippen molar-refractivity contribution in [1.29, 1.82) is 0 Å². The van der Waals surface area contributed by atoms with Gasteiger partial charge in [0, 0.05) is 13.6 Å². The van der Waals surface area contributed by atoms with Gasteiger partial charge in [0.05, 0.1) is 5.56 Å². The smallest absolute Gasteiger partial charge is 0.257 e. The van der Waals surface area contributed by atoms with Crippen LogP contribution in [-0.2, 0) is 0 Å². The molecule has 1 atom stereocenters. The summed E-state index contributed by atoms with van der Waals surface area (Å²) in [5, 5.41) is 9.86. The highest BCUT2D eigenvalue weighted by molar-refractivity contribution is 5.97. The highest BCUT2D eigenvalue weighted by Crippen LogP contribution is 2.22. The lowest BCUT2D eigenvalue weighted by Gasteiger charge is -2.21. The first-order chi connectivity index (χ1) is 7.97. The lowest BCUT2D eigenvalue weighted by molar-refractivity contribution is 0.0772. The van der Waals surface area contributed by atoms with Crippen LogP contribution in [0.5, 0.6) is 5.75 Å². The number of carbonyl (C=O) groups is 1. The molecule has 0 bridgehead atoms. The highest BCUT2D eigenvalue weighted by Gasteiger charge is 2.17. The van der Waals surface area contributed by atoms with E-state index in [4.69, 9.17) is 0 Å². The van der Waals surface area contributed by atoms with Crippen LogP contribution in [0.2, 0.25) is 0 Å². The maximum absolute atomic E-state index is 12.1. The van der Waals surface area contributed by atoms with Crippen LogP contribution >= 0.6 is 0 Å². The predicted molar refractivity (Wildman–Crippen MR) is 69.3 cm³/mol. The molecule has 0 aliphatic heterocycles. The molecule has 3 nitrogen and oxygen atoms in total. The van der Waals surface area contributed by atoms with Crippen LogP contribution in [0.15, 0.2) is 18.2 Å². The summed E-state index contributed by atoms with van der Waals surface area (Å²) in [5.74, 6) is 0.441. The quantitative estimate of drug-likeness (QED) is 0.871. The van der Waals surface area contributed by atoms with Crippen LogP contribution in [0.1, 0.15) is 36.2 Å². The third-order valence-electron chi connectivity index (χ3n) is 3.10. The summed E-state index contributed by atoms with van der Waals surface area (Å²) in [7, 11) is 1.77. The van der Waals surface area contributed by atoms with Crippen molar-refractivity contribution >= 4 is 5.91 Å². The zero-order chi connectivity index (χ0) is 13.0. The first-order valence-corrected chi connectivity index (χ1v) is 6.01. The molecule has 1 rings (SSSR count). The molecule has 0 aliphatic rings. The largest absolute Gasteiger partial charge is 0.507 e. The van der Waals surface area contributed by atoms with Gasteiger partial charge in [-0.2, -0.15) is 0 Å². The van der Waals surface area contributed by atoms with E-state index in [9.17, 15) is 9.90 Å². The Morgan fingerprint density at radius 3 is 2.71 bits per heavy atom. The number of phenols is 1. The fourth-order valence-corrected chi connectivity index (χ4v) is 1.72. The van der Waals surface area contributed by atoms with E-state index in [-0.39, 0.29) is 11.7 Å². The van der Waals surface area contributed by atoms with Crippen LogP contribution in [0.3, 0.4) is 0 Å². The van der Waals surface area contributed by atoms with Crippen LogP contribution in [0.25, 0.3) is 0 Å². The molecule has 0 aromatic heterocycles. The molecule has 0 spiro atoms. The molecule has 0 saturated heterocycles. The van der Waals surface area contributed by atoms with Gasteiger partial charge in [0.15, 0.2) is 0 Å². The molecule has 1 amide bonds. The van der Waals surface area contributed by atoms with E-state index >= 15 is 0 Å². The topological polar surface area (TPSA) is 40.5 Å². The van der Waals surface area contributed by atoms with Crippen molar-refractivity contribution in [3.05, 3.63) is 29.3 Å². The predicted octanol–water partition coefficient (Wildman–Crippen LogP) is 2.82. The Balaban J connectivity index is 2.85. The summed E-state index contributed by atoms with van der Waals surface area (Å²) in [6, 6.07) is 5.25. The molecule has 1 aromatic carbocycles. The number of hydrogen-bond donors (Lipinski definition) is 1. The number of rotatable bonds is 4. The van der Waals surface area contributed by atoms with Gasteiger partial charge < -0.3 is 10.0 Å². The lowest BCUT2D eigenvalue weighted by atomic mass is 10.1. The van der Waals surface area contributed by atoms with E-state index in [1.165, 1.54) is 0 Å². The molecule has 1 unspecified atom stereocenters. The number of para-hydroxylation sites is 1. The van der Waals surface area contributed by atoms with Crippen molar-refractivity contribution in [1.82, 2.24) is 4.90 Å². The second-order valence-corrected chi connectivity index (χ2v) is 4.67. The van der Waals surface area contributed by atoms with Gasteiger partial charge in [0.25, 0.3) is 5.91 Å². The van der Waals surface area contributed by atoms with Crippen LogP contribution in [0.4, 0.5) is 0 Å². The molecule has 94 valence electrons. The molecule has 3 heteroatoms. The van der Waals surface area contributed by atoms with E-state index < -0.39 is 0 Å². The second kappa shape index (κ2) is 5.71. The van der Waals surface area contributed by atoms with Crippen molar-refractivity contribution in [3.8, 4) is 5.75 Å². The number of benzene rings is 1. The third kappa shape index (κ3) is 3.22. The molecule has 0 saturated carbocycles. The maximum Gasteiger partial charge on any atom is 0.257 e. The monoisotopic (exact) mass is 235 g/mol. The Morgan fingerprint density at radius 1 is 1.47 bits per heavy atom. The number of amides is 1. The summed E-state index contributed by atoms with van der Waals surface area (Å²) in [6.45, 7) is 6.72. The van der Waals surface area contributed by atoms with Crippen LogP contribution < -0.4 is 0 Å². The lowest BCUT2D eigenvalue weighted by Crippen LogP contribution is -2.31. The summed E-state index contributed by atoms with van der Waals surface area (Å²) in [4.78, 5) is 13.8. The van der Waals surface area contributed by atoms with Crippen molar-refractivity contribution in [2.75, 3.05) is 13.6 Å². The Hall–Kier alpha value is -1.51. The molecule has 1 N–H and O–H groups in total. The Kier molecular flexibility index (Phi) is 4.55. The molecule has 0 aliphatic carbocycles. The van der Waals surface area contributed by atoms with Crippen molar-refractivity contribution in [2.45, 2.75) is 27.2 Å². The van der Waals surface area contributed by atoms with E-state index in [1.54, 1.807) is 37.1 Å². The number of carbonyl (C=O) groups excluding carboxylic acids is 1. The van der Waals surface area contributed by atoms with Gasteiger partial charge in [-0.1, -0.05) is 32.4 Å². The molecular formula is C14H21NO2. The Labute approximate surface area is 103 Å². The van der Waals surface area contributed by atoms with E-state index in [0.717, 1.165) is 12.0 Å². The number of phenolic OH excluding ortho intramolecular Hbond substituents is 1. The number of nitrogens with zero attached hydrogens (tertiary/aromatic N) is 1. The highest BCUT2D eigenvalue weighted by atomic mass is 16.3. The van der Waals surface area contributed by atoms with Gasteiger partial charge in [-0.15, -0.1) is 0 Å². The molecule has 0 heterocycles. The first-order valence-electron chi connectivity index (χ1n) is 6.01. The SMILES string of the molecule is CCC(C)CN(C)C(=O)c1cccc(C)c1O. The zero-order valence-electron chi connectivity index (χ0n) is 11.0. The minimum atomic E-state index is -0.119. The maximum atomic E-state index is 12.1. The average Bonchev–Trinajstić information content (AvgIpc) is 2.31. The minimum absolute atomic E-state index is 0.0912. The molecule has 0 fully saturated rings. The molecule has 17 heavy (non-hydrogen) atoms. The Morgan fingerprint density at radius 2 is 2.12 bits per heavy atom. The van der Waals surface area contributed by atoms with Gasteiger partial charge in [-0.3, -0.25) is 4.79 Å². The summed E-state index contributed by atoms with van der Waals surface area (Å²) < 4.78 is 0. The van der Waals surface area contributed by atoms with E-state index in [0.29, 0.717) is 18.0 Å². The van der Waals surface area contributed by atoms with Crippen molar-refractivity contribution < 1.29 is 9.90 Å².